The molecule has 0 aliphatic carbocycles. The molecule has 1 rings (SSSR count). The molecule has 0 unspecified atom stereocenters. The van der Waals surface area contributed by atoms with E-state index in [9.17, 15) is 10.1 Å². The number of nitro groups is 1. The maximum absolute atomic E-state index is 10.3. The topological polar surface area (TPSA) is 93.5 Å². The summed E-state index contributed by atoms with van der Waals surface area (Å²) in [6.45, 7) is 0. The number of hydrogen-bond donors (Lipinski definition) is 1. The van der Waals surface area contributed by atoms with Gasteiger partial charge in [0.25, 0.3) is 5.82 Å². The van der Waals surface area contributed by atoms with Crippen LogP contribution in [0.5, 0.6) is 0 Å². The Labute approximate surface area is 77.4 Å². The molecule has 8 heteroatoms. The van der Waals surface area contributed by atoms with E-state index in [1.54, 1.807) is 0 Å². The lowest BCUT2D eigenvalue weighted by Gasteiger charge is -1.94. The van der Waals surface area contributed by atoms with Crippen molar-refractivity contribution in [3.05, 3.63) is 22.1 Å². The minimum absolute atomic E-state index is 0.0378. The maximum atomic E-state index is 10.3. The van der Waals surface area contributed by atoms with Crippen LogP contribution >= 0.6 is 11.6 Å². The van der Waals surface area contributed by atoms with Crippen molar-refractivity contribution in [2.45, 2.75) is 0 Å². The molecule has 0 bridgehead atoms. The second kappa shape index (κ2) is 3.40. The molecular weight excluding hydrogens is 200 g/mol. The van der Waals surface area contributed by atoms with Crippen LogP contribution in [0.15, 0.2) is 11.4 Å². The smallest absolute Gasteiger partial charge is 0.342 e. The van der Waals surface area contributed by atoms with Crippen LogP contribution in [0, 0.1) is 10.1 Å². The molecule has 0 amide bonds. The highest BCUT2D eigenvalue weighted by Gasteiger charge is 2.19. The monoisotopic (exact) mass is 204 g/mol. The fourth-order valence-electron chi connectivity index (χ4n) is 0.807. The summed E-state index contributed by atoms with van der Waals surface area (Å²) in [5.41, 5.74) is 0. The summed E-state index contributed by atoms with van der Waals surface area (Å²) in [6, 6.07) is 0. The molecule has 0 saturated heterocycles. The van der Waals surface area contributed by atoms with Gasteiger partial charge < -0.3 is 15.3 Å². The summed E-state index contributed by atoms with van der Waals surface area (Å²) in [7, 11) is 1.40. The number of rotatable bonds is 2. The Bertz CT molecular complexity index is 372. The Hall–Kier alpha value is -1.63. The van der Waals surface area contributed by atoms with Crippen molar-refractivity contribution in [3.8, 4) is 0 Å². The average molecular weight is 205 g/mol. The van der Waals surface area contributed by atoms with Crippen LogP contribution in [-0.2, 0) is 7.05 Å². The molecule has 0 radical (unpaired) electrons. The minimum Gasteiger partial charge on any atom is -0.409 e. The minimum atomic E-state index is -0.613. The van der Waals surface area contributed by atoms with Gasteiger partial charge >= 0.3 is 5.82 Å². The normalized spacial score (nSPS) is 11.7. The van der Waals surface area contributed by atoms with Gasteiger partial charge in [-0.05, 0) is 4.92 Å². The van der Waals surface area contributed by atoms with Gasteiger partial charge in [0.2, 0.25) is 5.17 Å². The summed E-state index contributed by atoms with van der Waals surface area (Å²) in [5.74, 6) is -0.187. The van der Waals surface area contributed by atoms with Gasteiger partial charge in [-0.25, -0.2) is 9.55 Å². The zero-order chi connectivity index (χ0) is 10.0. The summed E-state index contributed by atoms with van der Waals surface area (Å²) in [4.78, 5) is 13.3. The van der Waals surface area contributed by atoms with E-state index < -0.39 is 4.92 Å². The zero-order valence-corrected chi connectivity index (χ0v) is 7.26. The maximum Gasteiger partial charge on any atom is 0.342 e. The summed E-state index contributed by atoms with van der Waals surface area (Å²) >= 11 is 5.41. The van der Waals surface area contributed by atoms with E-state index in [1.165, 1.54) is 7.05 Å². The van der Waals surface area contributed by atoms with Crippen molar-refractivity contribution in [1.29, 1.82) is 0 Å². The Morgan fingerprint density at radius 3 is 2.92 bits per heavy atom. The molecule has 0 saturated carbocycles. The predicted molar refractivity (Wildman–Crippen MR) is 44.0 cm³/mol. The highest BCUT2D eigenvalue weighted by Crippen LogP contribution is 2.13. The van der Waals surface area contributed by atoms with Gasteiger partial charge in [-0.15, -0.1) is 0 Å². The van der Waals surface area contributed by atoms with Crippen LogP contribution in [0.4, 0.5) is 5.82 Å². The first-order valence-electron chi connectivity index (χ1n) is 3.12. The van der Waals surface area contributed by atoms with E-state index in [1.807, 2.05) is 0 Å². The Morgan fingerprint density at radius 2 is 2.54 bits per heavy atom. The van der Waals surface area contributed by atoms with Crippen molar-refractivity contribution in [1.82, 2.24) is 9.55 Å². The zero-order valence-electron chi connectivity index (χ0n) is 6.51. The molecule has 0 atom stereocenters. The Morgan fingerprint density at radius 1 is 1.92 bits per heavy atom. The molecule has 70 valence electrons. The first-order chi connectivity index (χ1) is 6.07. The van der Waals surface area contributed by atoms with Crippen LogP contribution in [0.1, 0.15) is 5.82 Å². The van der Waals surface area contributed by atoms with Gasteiger partial charge in [0, 0.05) is 0 Å². The number of oxime groups is 1. The van der Waals surface area contributed by atoms with Gasteiger partial charge in [0.05, 0.1) is 7.05 Å². The van der Waals surface area contributed by atoms with E-state index in [4.69, 9.17) is 16.8 Å². The lowest BCUT2D eigenvalue weighted by molar-refractivity contribution is -0.391. The van der Waals surface area contributed by atoms with Crippen molar-refractivity contribution in [3.63, 3.8) is 0 Å². The molecule has 7 nitrogen and oxygen atoms in total. The number of nitrogens with zero attached hydrogens (tertiary/aromatic N) is 4. The Kier molecular flexibility index (Phi) is 2.47. The second-order valence-electron chi connectivity index (χ2n) is 2.15. The number of halogens is 1. The third kappa shape index (κ3) is 1.59. The van der Waals surface area contributed by atoms with Gasteiger partial charge in [-0.1, -0.05) is 16.8 Å². The third-order valence-corrected chi connectivity index (χ3v) is 1.67. The molecule has 0 fully saturated rings. The quantitative estimate of drug-likeness (QED) is 0.332. The molecule has 0 aliphatic rings. The molecule has 1 heterocycles. The molecule has 1 N–H and O–H groups in total. The first kappa shape index (κ1) is 9.46. The van der Waals surface area contributed by atoms with Gasteiger partial charge in [-0.3, -0.25) is 0 Å². The molecule has 1 aromatic heterocycles. The fourth-order valence-corrected chi connectivity index (χ4v) is 0.982. The van der Waals surface area contributed by atoms with Gasteiger partial charge in [-0.2, -0.15) is 0 Å². The van der Waals surface area contributed by atoms with Crippen molar-refractivity contribution in [2.75, 3.05) is 0 Å². The standard InChI is InChI=1S/C5H5ClN4O3/c1-9-3(10(12)13)2-7-5(9)4(6)8-11/h2,11H,1H3. The fraction of sp³-hybridized carbons (Fsp3) is 0.200. The summed E-state index contributed by atoms with van der Waals surface area (Å²) < 4.78 is 1.11. The molecule has 0 aromatic carbocycles. The van der Waals surface area contributed by atoms with Crippen LogP contribution < -0.4 is 0 Å². The van der Waals surface area contributed by atoms with E-state index in [0.717, 1.165) is 10.8 Å². The van der Waals surface area contributed by atoms with Gasteiger partial charge in [0.1, 0.15) is 6.20 Å². The van der Waals surface area contributed by atoms with Crippen LogP contribution in [0.25, 0.3) is 0 Å². The molecular formula is C5H5ClN4O3. The summed E-state index contributed by atoms with van der Waals surface area (Å²) in [5, 5.41) is 21.0. The van der Waals surface area contributed by atoms with Gasteiger partial charge in [0.15, 0.2) is 0 Å². The SMILES string of the molecule is Cn1c([N+](=O)[O-])cnc1C(Cl)=NO. The molecule has 0 aliphatic heterocycles. The first-order valence-corrected chi connectivity index (χ1v) is 3.49. The van der Waals surface area contributed by atoms with E-state index in [-0.39, 0.29) is 16.8 Å². The summed E-state index contributed by atoms with van der Waals surface area (Å²) in [6.07, 6.45) is 1.03. The number of hydrogen-bond acceptors (Lipinski definition) is 5. The lowest BCUT2D eigenvalue weighted by Crippen LogP contribution is -2.05. The third-order valence-electron chi connectivity index (χ3n) is 1.42. The largest absolute Gasteiger partial charge is 0.409 e. The molecule has 0 spiro atoms. The highest BCUT2D eigenvalue weighted by atomic mass is 35.5. The highest BCUT2D eigenvalue weighted by molar-refractivity contribution is 6.69. The van der Waals surface area contributed by atoms with Crippen LogP contribution in [0.3, 0.4) is 0 Å². The van der Waals surface area contributed by atoms with Crippen LogP contribution in [-0.4, -0.2) is 24.9 Å². The number of aromatic nitrogens is 2. The van der Waals surface area contributed by atoms with E-state index >= 15 is 0 Å². The average Bonchev–Trinajstić information content (AvgIpc) is 2.46. The Balaban J connectivity index is 3.21. The van der Waals surface area contributed by atoms with Crippen LogP contribution in [0.2, 0.25) is 0 Å². The van der Waals surface area contributed by atoms with E-state index in [2.05, 4.69) is 10.1 Å². The lowest BCUT2D eigenvalue weighted by atomic mass is 10.6. The molecule has 1 aromatic rings. The molecule has 13 heavy (non-hydrogen) atoms. The van der Waals surface area contributed by atoms with Crippen molar-refractivity contribution >= 4 is 22.6 Å². The second-order valence-corrected chi connectivity index (χ2v) is 2.50. The van der Waals surface area contributed by atoms with Crippen molar-refractivity contribution < 1.29 is 10.1 Å². The number of imidazole rings is 1. The predicted octanol–water partition coefficient (Wildman–Crippen LogP) is 0.703. The van der Waals surface area contributed by atoms with E-state index in [0.29, 0.717) is 0 Å². The van der Waals surface area contributed by atoms with Crippen molar-refractivity contribution in [2.24, 2.45) is 12.2 Å².